The van der Waals surface area contributed by atoms with Crippen molar-refractivity contribution in [2.75, 3.05) is 6.61 Å². The van der Waals surface area contributed by atoms with Gasteiger partial charge in [0.1, 0.15) is 22.9 Å². The van der Waals surface area contributed by atoms with Crippen LogP contribution in [-0.4, -0.2) is 22.2 Å². The van der Waals surface area contributed by atoms with Crippen molar-refractivity contribution in [3.05, 3.63) is 69.2 Å². The molecule has 0 aliphatic rings. The molecule has 29 heavy (non-hydrogen) atoms. The summed E-state index contributed by atoms with van der Waals surface area (Å²) in [5.41, 5.74) is 2.23. The molecule has 0 radical (unpaired) electrons. The highest BCUT2D eigenvalue weighted by Gasteiger charge is 2.28. The zero-order valence-corrected chi connectivity index (χ0v) is 16.1. The average Bonchev–Trinajstić information content (AvgIpc) is 3.08. The molecule has 0 saturated carbocycles. The fourth-order valence-electron chi connectivity index (χ4n) is 3.49. The van der Waals surface area contributed by atoms with Crippen LogP contribution in [0.25, 0.3) is 27.7 Å². The van der Waals surface area contributed by atoms with Crippen molar-refractivity contribution in [1.82, 2.24) is 9.61 Å². The maximum absolute atomic E-state index is 12.9. The van der Waals surface area contributed by atoms with Crippen molar-refractivity contribution in [2.45, 2.75) is 20.8 Å². The third kappa shape index (κ3) is 2.86. The predicted molar refractivity (Wildman–Crippen MR) is 107 cm³/mol. The lowest BCUT2D eigenvalue weighted by atomic mass is 10.0. The van der Waals surface area contributed by atoms with E-state index in [4.69, 9.17) is 9.15 Å². The lowest BCUT2D eigenvalue weighted by molar-refractivity contribution is 0.0529. The fraction of sp³-hybridized carbons (Fsp3) is 0.182. The van der Waals surface area contributed by atoms with Gasteiger partial charge in [0, 0.05) is 11.1 Å². The Morgan fingerprint density at radius 2 is 2.03 bits per heavy atom. The molecule has 7 nitrogen and oxygen atoms in total. The van der Waals surface area contributed by atoms with Crippen LogP contribution in [0.15, 0.2) is 45.6 Å². The van der Waals surface area contributed by atoms with E-state index in [0.717, 1.165) is 5.69 Å². The summed E-state index contributed by atoms with van der Waals surface area (Å²) in [6, 6.07) is 12.7. The summed E-state index contributed by atoms with van der Waals surface area (Å²) < 4.78 is 12.2. The predicted octanol–water partition coefficient (Wildman–Crippen LogP) is 3.77. The zero-order chi connectivity index (χ0) is 20.7. The molecule has 144 valence electrons. The number of para-hydroxylation sites is 1. The molecule has 7 heteroatoms. The van der Waals surface area contributed by atoms with Gasteiger partial charge in [0.15, 0.2) is 0 Å². The first-order valence-electron chi connectivity index (χ1n) is 9.09. The molecule has 0 saturated heterocycles. The SMILES string of the molecule is CCOC(=O)c1c(-c2cc3ccccc3oc2=O)nn2c(C)cc(C)c(C#N)c12. The summed E-state index contributed by atoms with van der Waals surface area (Å²) in [5.74, 6) is -0.647. The van der Waals surface area contributed by atoms with E-state index in [-0.39, 0.29) is 23.4 Å². The third-order valence-corrected chi connectivity index (χ3v) is 4.76. The summed E-state index contributed by atoms with van der Waals surface area (Å²) in [5, 5.41) is 14.9. The van der Waals surface area contributed by atoms with E-state index in [9.17, 15) is 14.9 Å². The molecule has 0 fully saturated rings. The maximum atomic E-state index is 12.9. The highest BCUT2D eigenvalue weighted by atomic mass is 16.5. The van der Waals surface area contributed by atoms with Crippen molar-refractivity contribution in [3.8, 4) is 17.3 Å². The average molecular weight is 387 g/mol. The molecular weight excluding hydrogens is 370 g/mol. The number of hydrogen-bond acceptors (Lipinski definition) is 6. The number of benzene rings is 1. The molecule has 0 N–H and O–H groups in total. The molecule has 0 atom stereocenters. The van der Waals surface area contributed by atoms with E-state index in [1.165, 1.54) is 4.52 Å². The van der Waals surface area contributed by atoms with E-state index in [2.05, 4.69) is 11.2 Å². The summed E-state index contributed by atoms with van der Waals surface area (Å²) in [4.78, 5) is 25.6. The number of carbonyl (C=O) groups excluding carboxylic acids is 1. The molecular formula is C22H17N3O4. The van der Waals surface area contributed by atoms with Gasteiger partial charge in [-0.3, -0.25) is 0 Å². The maximum Gasteiger partial charge on any atom is 0.345 e. The Morgan fingerprint density at radius 1 is 1.28 bits per heavy atom. The second-order valence-electron chi connectivity index (χ2n) is 6.65. The van der Waals surface area contributed by atoms with Crippen LogP contribution in [0.3, 0.4) is 0 Å². The second kappa shape index (κ2) is 6.91. The number of carbonyl (C=O) groups is 1. The van der Waals surface area contributed by atoms with E-state index in [0.29, 0.717) is 27.6 Å². The first-order valence-corrected chi connectivity index (χ1v) is 9.09. The van der Waals surface area contributed by atoms with Crippen LogP contribution in [0, 0.1) is 25.2 Å². The number of nitrogens with zero attached hydrogens (tertiary/aromatic N) is 3. The molecule has 4 aromatic rings. The van der Waals surface area contributed by atoms with Crippen molar-refractivity contribution >= 4 is 22.5 Å². The van der Waals surface area contributed by atoms with E-state index in [1.807, 2.05) is 13.0 Å². The quantitative estimate of drug-likeness (QED) is 0.392. The van der Waals surface area contributed by atoms with Gasteiger partial charge < -0.3 is 9.15 Å². The van der Waals surface area contributed by atoms with Gasteiger partial charge >= 0.3 is 11.6 Å². The molecule has 3 aromatic heterocycles. The minimum Gasteiger partial charge on any atom is -0.462 e. The number of aromatic nitrogens is 2. The van der Waals surface area contributed by atoms with Gasteiger partial charge in [0.05, 0.1) is 23.3 Å². The number of esters is 1. The normalized spacial score (nSPS) is 11.0. The monoisotopic (exact) mass is 387 g/mol. The topological polar surface area (TPSA) is 97.6 Å². The van der Waals surface area contributed by atoms with Crippen LogP contribution in [-0.2, 0) is 4.74 Å². The molecule has 0 aliphatic carbocycles. The Morgan fingerprint density at radius 3 is 2.76 bits per heavy atom. The summed E-state index contributed by atoms with van der Waals surface area (Å²) in [6.07, 6.45) is 0. The van der Waals surface area contributed by atoms with Gasteiger partial charge in [-0.2, -0.15) is 10.4 Å². The zero-order valence-electron chi connectivity index (χ0n) is 16.1. The van der Waals surface area contributed by atoms with Gasteiger partial charge in [0.25, 0.3) is 0 Å². The van der Waals surface area contributed by atoms with Gasteiger partial charge in [0.2, 0.25) is 0 Å². The van der Waals surface area contributed by atoms with Crippen LogP contribution >= 0.6 is 0 Å². The number of aryl methyl sites for hydroxylation is 2. The molecule has 4 rings (SSSR count). The summed E-state index contributed by atoms with van der Waals surface area (Å²) in [6.45, 7) is 5.44. The Bertz CT molecular complexity index is 1390. The number of fused-ring (bicyclic) bond motifs is 2. The molecule has 0 amide bonds. The van der Waals surface area contributed by atoms with Crippen LogP contribution < -0.4 is 5.63 Å². The standard InChI is InChI=1S/C22H17N3O4/c1-4-28-22(27)18-19(15-10-14-7-5-6-8-17(14)29-21(15)26)24-25-13(3)9-12(2)16(11-23)20(18)25/h5-10H,4H2,1-3H3. The van der Waals surface area contributed by atoms with Gasteiger partial charge in [-0.15, -0.1) is 0 Å². The van der Waals surface area contributed by atoms with Crippen molar-refractivity contribution < 1.29 is 13.9 Å². The Balaban J connectivity index is 2.16. The van der Waals surface area contributed by atoms with Gasteiger partial charge in [-0.05, 0) is 44.5 Å². The van der Waals surface area contributed by atoms with Crippen molar-refractivity contribution in [2.24, 2.45) is 0 Å². The highest BCUT2D eigenvalue weighted by Crippen LogP contribution is 2.31. The van der Waals surface area contributed by atoms with E-state index < -0.39 is 11.6 Å². The third-order valence-electron chi connectivity index (χ3n) is 4.76. The number of rotatable bonds is 3. The van der Waals surface area contributed by atoms with Crippen LogP contribution in [0.4, 0.5) is 0 Å². The van der Waals surface area contributed by atoms with Gasteiger partial charge in [-0.1, -0.05) is 18.2 Å². The number of nitriles is 1. The largest absolute Gasteiger partial charge is 0.462 e. The molecule has 3 heterocycles. The number of pyridine rings is 1. The molecule has 0 unspecified atom stereocenters. The van der Waals surface area contributed by atoms with Gasteiger partial charge in [-0.25, -0.2) is 14.1 Å². The highest BCUT2D eigenvalue weighted by molar-refractivity contribution is 6.05. The fourth-order valence-corrected chi connectivity index (χ4v) is 3.49. The van der Waals surface area contributed by atoms with Crippen LogP contribution in [0.5, 0.6) is 0 Å². The van der Waals surface area contributed by atoms with Crippen LogP contribution in [0.1, 0.15) is 34.1 Å². The Hall–Kier alpha value is -3.92. The molecule has 0 bridgehead atoms. The minimum absolute atomic E-state index is 0.0813. The lowest BCUT2D eigenvalue weighted by Gasteiger charge is -2.07. The molecule has 1 aromatic carbocycles. The Labute approximate surface area is 165 Å². The van der Waals surface area contributed by atoms with E-state index in [1.54, 1.807) is 44.2 Å². The first-order chi connectivity index (χ1) is 14.0. The van der Waals surface area contributed by atoms with Crippen molar-refractivity contribution in [3.63, 3.8) is 0 Å². The van der Waals surface area contributed by atoms with E-state index >= 15 is 0 Å². The molecule has 0 spiro atoms. The minimum atomic E-state index is -0.647. The first kappa shape index (κ1) is 18.4. The second-order valence-corrected chi connectivity index (χ2v) is 6.65. The Kier molecular flexibility index (Phi) is 4.40. The number of hydrogen-bond donors (Lipinski definition) is 0. The number of ether oxygens (including phenoxy) is 1. The molecule has 0 aliphatic heterocycles. The summed E-state index contributed by atoms with van der Waals surface area (Å²) in [7, 11) is 0. The van der Waals surface area contributed by atoms with Crippen molar-refractivity contribution in [1.29, 1.82) is 5.26 Å². The smallest absolute Gasteiger partial charge is 0.345 e. The lowest BCUT2D eigenvalue weighted by Crippen LogP contribution is -2.10. The summed E-state index contributed by atoms with van der Waals surface area (Å²) >= 11 is 0. The van der Waals surface area contributed by atoms with Crippen LogP contribution in [0.2, 0.25) is 0 Å².